The first-order chi connectivity index (χ1) is 20.7. The second kappa shape index (κ2) is 11.2. The number of ether oxygens (including phenoxy) is 1. The lowest BCUT2D eigenvalue weighted by Crippen LogP contribution is -2.23. The highest BCUT2D eigenvalue weighted by Gasteiger charge is 2.36. The fraction of sp³-hybridized carbons (Fsp3) is 0.216. The van der Waals surface area contributed by atoms with Gasteiger partial charge in [0.25, 0.3) is 0 Å². The van der Waals surface area contributed by atoms with Crippen LogP contribution >= 0.6 is 0 Å². The van der Waals surface area contributed by atoms with Crippen molar-refractivity contribution in [2.45, 2.75) is 45.3 Å². The SMILES string of the molecule is O=[C]C1(Cc2nc3cc(OCc4ccc5ccccc5n4)ccc3n2Cc2cccc(-c3ccccc3)c2)CCCC1. The lowest BCUT2D eigenvalue weighted by atomic mass is 9.84. The number of benzene rings is 4. The number of imidazole rings is 1. The van der Waals surface area contributed by atoms with Crippen molar-refractivity contribution in [2.24, 2.45) is 5.41 Å². The zero-order valence-electron chi connectivity index (χ0n) is 23.5. The zero-order chi connectivity index (χ0) is 28.4. The van der Waals surface area contributed by atoms with Gasteiger partial charge in [0.05, 0.1) is 22.2 Å². The van der Waals surface area contributed by atoms with Crippen LogP contribution in [0.1, 0.15) is 42.8 Å². The molecular weight excluding hydrogens is 518 g/mol. The monoisotopic (exact) mass is 550 g/mol. The number of carbonyl (C=O) groups excluding carboxylic acids is 1. The quantitative estimate of drug-likeness (QED) is 0.183. The molecule has 0 unspecified atom stereocenters. The van der Waals surface area contributed by atoms with Crippen LogP contribution < -0.4 is 4.74 Å². The number of para-hydroxylation sites is 1. The van der Waals surface area contributed by atoms with E-state index in [0.29, 0.717) is 19.6 Å². The summed E-state index contributed by atoms with van der Waals surface area (Å²) >= 11 is 0. The van der Waals surface area contributed by atoms with Crippen LogP contribution in [0, 0.1) is 5.41 Å². The maximum atomic E-state index is 12.2. The molecule has 1 radical (unpaired) electrons. The van der Waals surface area contributed by atoms with Gasteiger partial charge in [-0.05, 0) is 59.9 Å². The van der Waals surface area contributed by atoms with Crippen LogP contribution in [0.3, 0.4) is 0 Å². The molecule has 4 aromatic carbocycles. The molecule has 1 aliphatic rings. The molecule has 1 aliphatic carbocycles. The van der Waals surface area contributed by atoms with Crippen molar-refractivity contribution in [3.8, 4) is 16.9 Å². The van der Waals surface area contributed by atoms with E-state index in [9.17, 15) is 4.79 Å². The molecule has 1 saturated carbocycles. The predicted octanol–water partition coefficient (Wildman–Crippen LogP) is 8.09. The van der Waals surface area contributed by atoms with Crippen LogP contribution in [0.25, 0.3) is 33.1 Å². The minimum absolute atomic E-state index is 0.374. The largest absolute Gasteiger partial charge is 0.487 e. The van der Waals surface area contributed by atoms with Crippen molar-refractivity contribution in [1.82, 2.24) is 14.5 Å². The van der Waals surface area contributed by atoms with Gasteiger partial charge in [-0.1, -0.05) is 85.6 Å². The summed E-state index contributed by atoms with van der Waals surface area (Å²) in [6, 6.07) is 37.4. The summed E-state index contributed by atoms with van der Waals surface area (Å²) in [7, 11) is 0. The molecule has 0 aliphatic heterocycles. The molecule has 5 nitrogen and oxygen atoms in total. The van der Waals surface area contributed by atoms with Crippen molar-refractivity contribution in [1.29, 1.82) is 0 Å². The van der Waals surface area contributed by atoms with E-state index in [4.69, 9.17) is 14.7 Å². The Morgan fingerprint density at radius 3 is 2.43 bits per heavy atom. The molecule has 0 bridgehead atoms. The Bertz CT molecular complexity index is 1870. The highest BCUT2D eigenvalue weighted by atomic mass is 16.5. The lowest BCUT2D eigenvalue weighted by molar-refractivity contribution is 0.302. The number of nitrogens with zero attached hydrogens (tertiary/aromatic N) is 3. The number of fused-ring (bicyclic) bond motifs is 2. The summed E-state index contributed by atoms with van der Waals surface area (Å²) in [6.45, 7) is 1.04. The summed E-state index contributed by atoms with van der Waals surface area (Å²) in [6.07, 6.45) is 6.89. The molecule has 7 rings (SSSR count). The first kappa shape index (κ1) is 26.1. The fourth-order valence-corrected chi connectivity index (χ4v) is 6.24. The van der Waals surface area contributed by atoms with Gasteiger partial charge in [-0.25, -0.2) is 9.97 Å². The molecule has 0 atom stereocenters. The van der Waals surface area contributed by atoms with E-state index in [1.54, 1.807) is 0 Å². The Morgan fingerprint density at radius 2 is 1.57 bits per heavy atom. The minimum Gasteiger partial charge on any atom is -0.487 e. The van der Waals surface area contributed by atoms with Crippen molar-refractivity contribution in [3.05, 3.63) is 126 Å². The van der Waals surface area contributed by atoms with Crippen LogP contribution in [0.2, 0.25) is 0 Å². The van der Waals surface area contributed by atoms with E-state index in [-0.39, 0.29) is 0 Å². The number of aromatic nitrogens is 3. The minimum atomic E-state index is -0.452. The highest BCUT2D eigenvalue weighted by Crippen LogP contribution is 2.40. The van der Waals surface area contributed by atoms with Crippen LogP contribution in [0.15, 0.2) is 109 Å². The second-order valence-electron chi connectivity index (χ2n) is 11.4. The normalized spacial score (nSPS) is 14.4. The van der Waals surface area contributed by atoms with Gasteiger partial charge in [-0.3, -0.25) is 4.79 Å². The molecule has 42 heavy (non-hydrogen) atoms. The summed E-state index contributed by atoms with van der Waals surface area (Å²) in [4.78, 5) is 22.0. The van der Waals surface area contributed by atoms with Crippen molar-refractivity contribution >= 4 is 28.2 Å². The summed E-state index contributed by atoms with van der Waals surface area (Å²) in [5.74, 6) is 1.67. The Hall–Kier alpha value is -4.77. The van der Waals surface area contributed by atoms with Gasteiger partial charge in [-0.15, -0.1) is 0 Å². The smallest absolute Gasteiger partial charge is 0.205 e. The average Bonchev–Trinajstić information content (AvgIpc) is 3.65. The third-order valence-corrected chi connectivity index (χ3v) is 8.49. The summed E-state index contributed by atoms with van der Waals surface area (Å²) in [5, 5.41) is 1.11. The van der Waals surface area contributed by atoms with Crippen LogP contribution in [-0.4, -0.2) is 20.8 Å². The van der Waals surface area contributed by atoms with Crippen molar-refractivity contribution in [3.63, 3.8) is 0 Å². The summed E-state index contributed by atoms with van der Waals surface area (Å²) in [5.41, 5.74) is 6.85. The molecule has 0 spiro atoms. The number of hydrogen-bond acceptors (Lipinski definition) is 4. The Labute approximate surface area is 245 Å². The Morgan fingerprint density at radius 1 is 0.762 bits per heavy atom. The maximum Gasteiger partial charge on any atom is 0.205 e. The van der Waals surface area contributed by atoms with E-state index in [2.05, 4.69) is 77.6 Å². The van der Waals surface area contributed by atoms with Crippen molar-refractivity contribution < 1.29 is 9.53 Å². The number of rotatable bonds is 9. The first-order valence-electron chi connectivity index (χ1n) is 14.7. The first-order valence-corrected chi connectivity index (χ1v) is 14.7. The van der Waals surface area contributed by atoms with Gasteiger partial charge in [0.15, 0.2) is 0 Å². The molecule has 2 aromatic heterocycles. The van der Waals surface area contributed by atoms with Crippen molar-refractivity contribution in [2.75, 3.05) is 0 Å². The molecular formula is C37H32N3O2. The Balaban J connectivity index is 1.20. The van der Waals surface area contributed by atoms with E-state index in [1.807, 2.05) is 42.5 Å². The highest BCUT2D eigenvalue weighted by molar-refractivity contribution is 5.79. The van der Waals surface area contributed by atoms with E-state index in [0.717, 1.165) is 64.9 Å². The van der Waals surface area contributed by atoms with Gasteiger partial charge in [0.1, 0.15) is 18.2 Å². The van der Waals surface area contributed by atoms with Gasteiger partial charge in [-0.2, -0.15) is 0 Å². The topological polar surface area (TPSA) is 57.0 Å². The predicted molar refractivity (Wildman–Crippen MR) is 167 cm³/mol. The van der Waals surface area contributed by atoms with E-state index < -0.39 is 5.41 Å². The third kappa shape index (κ3) is 5.30. The maximum absolute atomic E-state index is 12.2. The average molecular weight is 551 g/mol. The molecule has 207 valence electrons. The Kier molecular flexibility index (Phi) is 7.00. The second-order valence-corrected chi connectivity index (χ2v) is 11.4. The molecule has 0 amide bonds. The third-order valence-electron chi connectivity index (χ3n) is 8.49. The summed E-state index contributed by atoms with van der Waals surface area (Å²) < 4.78 is 8.45. The van der Waals surface area contributed by atoms with Gasteiger partial charge in [0.2, 0.25) is 6.29 Å². The van der Waals surface area contributed by atoms with Gasteiger partial charge < -0.3 is 9.30 Å². The van der Waals surface area contributed by atoms with E-state index >= 15 is 0 Å². The molecule has 1 fully saturated rings. The molecule has 6 aromatic rings. The molecule has 0 N–H and O–H groups in total. The zero-order valence-corrected chi connectivity index (χ0v) is 23.5. The number of pyridine rings is 1. The standard InChI is InChI=1S/C37H32N3O2/c41-26-37(19-6-7-20-37)23-36-39-34-22-32(42-25-31-16-15-29-12-4-5-14-33(29)38-31)17-18-35(34)40(36)24-27-9-8-13-30(21-27)28-10-2-1-3-11-28/h1-5,8-18,21-22H,6-7,19-20,23-25H2. The number of hydrogen-bond donors (Lipinski definition) is 0. The van der Waals surface area contributed by atoms with Crippen LogP contribution in [0.4, 0.5) is 0 Å². The fourth-order valence-electron chi connectivity index (χ4n) is 6.24. The van der Waals surface area contributed by atoms with Crippen LogP contribution in [-0.2, 0) is 24.4 Å². The van der Waals surface area contributed by atoms with Crippen LogP contribution in [0.5, 0.6) is 5.75 Å². The lowest BCUT2D eigenvalue weighted by Gasteiger charge is -2.21. The molecule has 5 heteroatoms. The van der Waals surface area contributed by atoms with Gasteiger partial charge in [0, 0.05) is 29.8 Å². The molecule has 2 heterocycles. The van der Waals surface area contributed by atoms with E-state index in [1.165, 1.54) is 16.7 Å². The van der Waals surface area contributed by atoms with Gasteiger partial charge >= 0.3 is 0 Å². The molecule has 0 saturated heterocycles.